The van der Waals surface area contributed by atoms with Crippen LogP contribution in [0.4, 0.5) is 13.2 Å². The largest absolute Gasteiger partial charge is 0.459 e. The van der Waals surface area contributed by atoms with Gasteiger partial charge in [0, 0.05) is 32.4 Å². The summed E-state index contributed by atoms with van der Waals surface area (Å²) in [6.07, 6.45) is 0.275. The van der Waals surface area contributed by atoms with E-state index in [-0.39, 0.29) is 12.1 Å². The fourth-order valence-electron chi connectivity index (χ4n) is 2.46. The molecule has 1 aliphatic rings. The van der Waals surface area contributed by atoms with E-state index in [1.54, 1.807) is 6.08 Å². The highest BCUT2D eigenvalue weighted by Crippen LogP contribution is 2.28. The molecule has 2 heterocycles. The maximum absolute atomic E-state index is 12.7. The number of hydrogen-bond donors (Lipinski definition) is 0. The molecular weight excluding hydrogens is 323 g/mol. The first-order valence-electron chi connectivity index (χ1n) is 7.97. The first kappa shape index (κ1) is 18.7. The van der Waals surface area contributed by atoms with Crippen molar-refractivity contribution in [2.45, 2.75) is 31.5 Å². The Hall–Kier alpha value is -1.67. The summed E-state index contributed by atoms with van der Waals surface area (Å²) < 4.78 is 49.3. The monoisotopic (exact) mass is 345 g/mol. The molecule has 8 heteroatoms. The fourth-order valence-corrected chi connectivity index (χ4v) is 2.46. The van der Waals surface area contributed by atoms with Crippen LogP contribution in [0.25, 0.3) is 0 Å². The minimum atomic E-state index is -4.51. The van der Waals surface area contributed by atoms with Crippen molar-refractivity contribution in [3.63, 3.8) is 0 Å². The molecule has 1 atom stereocenters. The van der Waals surface area contributed by atoms with E-state index >= 15 is 0 Å². The first-order valence-corrected chi connectivity index (χ1v) is 7.97. The molecule has 2 rings (SSSR count). The van der Waals surface area contributed by atoms with Crippen LogP contribution in [-0.4, -0.2) is 53.8 Å². The number of ether oxygens (including phenoxy) is 2. The summed E-state index contributed by atoms with van der Waals surface area (Å²) in [5, 5.41) is 0. The zero-order valence-electron chi connectivity index (χ0n) is 13.5. The van der Waals surface area contributed by atoms with Gasteiger partial charge in [-0.2, -0.15) is 18.2 Å². The summed E-state index contributed by atoms with van der Waals surface area (Å²) in [5.41, 5.74) is -1.00. The molecule has 1 saturated heterocycles. The second kappa shape index (κ2) is 8.98. The van der Waals surface area contributed by atoms with Crippen molar-refractivity contribution >= 4 is 0 Å². The van der Waals surface area contributed by atoms with Crippen molar-refractivity contribution in [3.8, 4) is 6.01 Å². The Balaban J connectivity index is 2.03. The van der Waals surface area contributed by atoms with Gasteiger partial charge in [-0.1, -0.05) is 6.08 Å². The van der Waals surface area contributed by atoms with Crippen molar-refractivity contribution in [2.24, 2.45) is 0 Å². The molecule has 1 aromatic heterocycles. The van der Waals surface area contributed by atoms with Gasteiger partial charge in [0.1, 0.15) is 6.10 Å². The van der Waals surface area contributed by atoms with Crippen LogP contribution in [0.1, 0.15) is 25.0 Å². The van der Waals surface area contributed by atoms with Crippen LogP contribution in [-0.2, 0) is 10.9 Å². The molecule has 0 radical (unpaired) electrons. The van der Waals surface area contributed by atoms with E-state index in [4.69, 9.17) is 9.47 Å². The molecule has 0 spiro atoms. The molecule has 1 aromatic rings. The standard InChI is InChI=1S/C16H22F3N3O2/c1-2-3-5-13(12-22-8-4-10-23-11-9-22)24-15-20-7-6-14(21-15)16(17,18)19/h2,6-7,13H,1,3-5,8-12H2/t13-/m0/s1. The number of aromatic nitrogens is 2. The van der Waals surface area contributed by atoms with E-state index in [0.29, 0.717) is 26.0 Å². The van der Waals surface area contributed by atoms with Gasteiger partial charge in [0.25, 0.3) is 0 Å². The lowest BCUT2D eigenvalue weighted by atomic mass is 10.2. The van der Waals surface area contributed by atoms with Crippen molar-refractivity contribution in [1.82, 2.24) is 14.9 Å². The third-order valence-corrected chi connectivity index (χ3v) is 3.67. The van der Waals surface area contributed by atoms with Gasteiger partial charge in [0.05, 0.1) is 6.61 Å². The van der Waals surface area contributed by atoms with Crippen LogP contribution in [0.5, 0.6) is 6.01 Å². The number of nitrogens with zero attached hydrogens (tertiary/aromatic N) is 3. The first-order chi connectivity index (χ1) is 11.5. The van der Waals surface area contributed by atoms with Crippen LogP contribution in [0.3, 0.4) is 0 Å². The molecule has 0 saturated carbocycles. The summed E-state index contributed by atoms with van der Waals surface area (Å²) in [6, 6.07) is 0.586. The van der Waals surface area contributed by atoms with Gasteiger partial charge in [-0.15, -0.1) is 6.58 Å². The average Bonchev–Trinajstić information content (AvgIpc) is 2.81. The molecule has 0 bridgehead atoms. The zero-order chi connectivity index (χ0) is 17.4. The van der Waals surface area contributed by atoms with E-state index in [9.17, 15) is 13.2 Å². The Labute approximate surface area is 139 Å². The molecule has 0 amide bonds. The van der Waals surface area contributed by atoms with Crippen LogP contribution < -0.4 is 4.74 Å². The maximum atomic E-state index is 12.7. The van der Waals surface area contributed by atoms with Gasteiger partial charge >= 0.3 is 12.2 Å². The quantitative estimate of drug-likeness (QED) is 0.711. The molecule has 24 heavy (non-hydrogen) atoms. The van der Waals surface area contributed by atoms with Crippen LogP contribution >= 0.6 is 0 Å². The van der Waals surface area contributed by atoms with E-state index in [2.05, 4.69) is 21.4 Å². The van der Waals surface area contributed by atoms with Gasteiger partial charge in [-0.3, -0.25) is 4.90 Å². The minimum absolute atomic E-state index is 0.245. The molecule has 134 valence electrons. The van der Waals surface area contributed by atoms with Gasteiger partial charge in [0.15, 0.2) is 5.69 Å². The highest BCUT2D eigenvalue weighted by Gasteiger charge is 2.33. The van der Waals surface area contributed by atoms with Gasteiger partial charge < -0.3 is 9.47 Å². The maximum Gasteiger partial charge on any atom is 0.433 e. The Morgan fingerprint density at radius 1 is 1.38 bits per heavy atom. The molecule has 0 aliphatic carbocycles. The van der Waals surface area contributed by atoms with Gasteiger partial charge in [-0.25, -0.2) is 4.98 Å². The molecule has 1 fully saturated rings. The molecule has 5 nitrogen and oxygen atoms in total. The van der Waals surface area contributed by atoms with Gasteiger partial charge in [0.2, 0.25) is 0 Å². The molecule has 0 unspecified atom stereocenters. The average molecular weight is 345 g/mol. The van der Waals surface area contributed by atoms with Crippen LogP contribution in [0, 0.1) is 0 Å². The van der Waals surface area contributed by atoms with Crippen LogP contribution in [0.15, 0.2) is 24.9 Å². The van der Waals surface area contributed by atoms with Crippen LogP contribution in [0.2, 0.25) is 0 Å². The number of rotatable bonds is 7. The molecule has 0 N–H and O–H groups in total. The number of hydrogen-bond acceptors (Lipinski definition) is 5. The van der Waals surface area contributed by atoms with E-state index < -0.39 is 11.9 Å². The smallest absolute Gasteiger partial charge is 0.433 e. The minimum Gasteiger partial charge on any atom is -0.459 e. The normalized spacial score (nSPS) is 18.0. The lowest BCUT2D eigenvalue weighted by Crippen LogP contribution is -2.37. The number of allylic oxidation sites excluding steroid dienone is 1. The molecular formula is C16H22F3N3O2. The molecule has 0 aromatic carbocycles. The predicted octanol–water partition coefficient (Wildman–Crippen LogP) is 2.93. The van der Waals surface area contributed by atoms with Crippen molar-refractivity contribution < 1.29 is 22.6 Å². The summed E-state index contributed by atoms with van der Waals surface area (Å²) in [5.74, 6) is 0. The number of halogens is 3. The van der Waals surface area contributed by atoms with Crippen molar-refractivity contribution in [3.05, 3.63) is 30.6 Å². The van der Waals surface area contributed by atoms with Crippen molar-refractivity contribution in [2.75, 3.05) is 32.8 Å². The third kappa shape index (κ3) is 6.09. The summed E-state index contributed by atoms with van der Waals surface area (Å²) in [4.78, 5) is 9.48. The number of alkyl halides is 3. The topological polar surface area (TPSA) is 47.5 Å². The Morgan fingerprint density at radius 3 is 2.96 bits per heavy atom. The summed E-state index contributed by atoms with van der Waals surface area (Å²) in [7, 11) is 0. The van der Waals surface area contributed by atoms with Gasteiger partial charge in [-0.05, 0) is 25.3 Å². The summed E-state index contributed by atoms with van der Waals surface area (Å²) >= 11 is 0. The zero-order valence-corrected chi connectivity index (χ0v) is 13.5. The lowest BCUT2D eigenvalue weighted by Gasteiger charge is -2.25. The second-order valence-electron chi connectivity index (χ2n) is 5.59. The Morgan fingerprint density at radius 2 is 2.21 bits per heavy atom. The predicted molar refractivity (Wildman–Crippen MR) is 82.8 cm³/mol. The van der Waals surface area contributed by atoms with E-state index in [1.165, 1.54) is 0 Å². The van der Waals surface area contributed by atoms with E-state index in [1.807, 2.05) is 0 Å². The SMILES string of the molecule is C=CCC[C@@H](CN1CCCOCC1)Oc1nccc(C(F)(F)F)n1. The highest BCUT2D eigenvalue weighted by molar-refractivity contribution is 5.09. The fraction of sp³-hybridized carbons (Fsp3) is 0.625. The Bertz CT molecular complexity index is 518. The summed E-state index contributed by atoms with van der Waals surface area (Å²) in [6.45, 7) is 7.30. The van der Waals surface area contributed by atoms with E-state index in [0.717, 1.165) is 38.4 Å². The van der Waals surface area contributed by atoms with Crippen molar-refractivity contribution in [1.29, 1.82) is 0 Å². The second-order valence-corrected chi connectivity index (χ2v) is 5.59. The highest BCUT2D eigenvalue weighted by atomic mass is 19.4. The Kier molecular flexibility index (Phi) is 6.99. The third-order valence-electron chi connectivity index (χ3n) is 3.67. The molecule has 1 aliphatic heterocycles. The lowest BCUT2D eigenvalue weighted by molar-refractivity contribution is -0.141.